The molecule has 1 heterocycles. The van der Waals surface area contributed by atoms with Crippen LogP contribution >= 0.6 is 0 Å². The normalized spacial score (nSPS) is 17.7. The van der Waals surface area contributed by atoms with Gasteiger partial charge in [-0.2, -0.15) is 0 Å². The van der Waals surface area contributed by atoms with E-state index in [9.17, 15) is 14.4 Å². The van der Waals surface area contributed by atoms with Gasteiger partial charge in [-0.1, -0.05) is 0 Å². The molecule has 0 radical (unpaired) electrons. The number of rotatable bonds is 4. The fraction of sp³-hybridized carbons (Fsp3) is 0.750. The molecule has 0 aromatic heterocycles. The van der Waals surface area contributed by atoms with Gasteiger partial charge in [-0.05, 0) is 20.8 Å². The second-order valence-corrected chi connectivity index (χ2v) is 5.06. The number of carbonyl (C=O) groups is 3. The number of aliphatic carboxylic acids is 1. The van der Waals surface area contributed by atoms with Crippen molar-refractivity contribution in [3.63, 3.8) is 0 Å². The first-order valence-corrected chi connectivity index (χ1v) is 6.17. The minimum absolute atomic E-state index is 0.224. The van der Waals surface area contributed by atoms with E-state index in [2.05, 4.69) is 5.32 Å². The monoisotopic (exact) mass is 272 g/mol. The second-order valence-electron chi connectivity index (χ2n) is 5.06. The summed E-state index contributed by atoms with van der Waals surface area (Å²) in [6.45, 7) is 6.09. The Morgan fingerprint density at radius 1 is 1.26 bits per heavy atom. The molecule has 1 rings (SSSR count). The lowest BCUT2D eigenvalue weighted by Crippen LogP contribution is -2.53. The third-order valence-electron chi connectivity index (χ3n) is 3.14. The summed E-state index contributed by atoms with van der Waals surface area (Å²) in [5.74, 6) is -2.12. The zero-order valence-corrected chi connectivity index (χ0v) is 11.4. The molecule has 7 heteroatoms. The van der Waals surface area contributed by atoms with E-state index in [4.69, 9.17) is 9.84 Å². The molecule has 0 spiro atoms. The average molecular weight is 272 g/mol. The molecule has 1 atom stereocenters. The maximum atomic E-state index is 12.0. The molecule has 2 amide bonds. The topological polar surface area (TPSA) is 95.9 Å². The van der Waals surface area contributed by atoms with E-state index < -0.39 is 23.3 Å². The number of hydrogen-bond donors (Lipinski definition) is 2. The zero-order valence-electron chi connectivity index (χ0n) is 11.4. The molecular formula is C12H20N2O5. The molecule has 108 valence electrons. The Morgan fingerprint density at radius 3 is 2.26 bits per heavy atom. The van der Waals surface area contributed by atoms with Gasteiger partial charge in [0.2, 0.25) is 11.8 Å². The lowest BCUT2D eigenvalue weighted by Gasteiger charge is -2.30. The van der Waals surface area contributed by atoms with Crippen molar-refractivity contribution in [3.05, 3.63) is 0 Å². The van der Waals surface area contributed by atoms with Crippen molar-refractivity contribution in [2.45, 2.75) is 26.8 Å². The summed E-state index contributed by atoms with van der Waals surface area (Å²) in [5.41, 5.74) is -1.56. The van der Waals surface area contributed by atoms with Crippen LogP contribution in [0.4, 0.5) is 0 Å². The van der Waals surface area contributed by atoms with Crippen molar-refractivity contribution in [2.24, 2.45) is 5.41 Å². The molecule has 7 nitrogen and oxygen atoms in total. The zero-order chi connectivity index (χ0) is 14.6. The fourth-order valence-corrected chi connectivity index (χ4v) is 1.59. The van der Waals surface area contributed by atoms with Gasteiger partial charge in [0.1, 0.15) is 11.5 Å². The minimum atomic E-state index is -1.56. The molecule has 0 saturated carbocycles. The summed E-state index contributed by atoms with van der Waals surface area (Å²) in [7, 11) is 0. The smallest absolute Gasteiger partial charge is 0.318 e. The fourth-order valence-electron chi connectivity index (χ4n) is 1.59. The predicted octanol–water partition coefficient (Wildman–Crippen LogP) is -0.539. The van der Waals surface area contributed by atoms with Crippen LogP contribution in [0.25, 0.3) is 0 Å². The summed E-state index contributed by atoms with van der Waals surface area (Å²) in [4.78, 5) is 36.4. The number of nitrogens with one attached hydrogen (secondary N) is 1. The van der Waals surface area contributed by atoms with Crippen molar-refractivity contribution in [3.8, 4) is 0 Å². The Bertz CT molecular complexity index is 374. The molecule has 1 aliphatic heterocycles. The highest BCUT2D eigenvalue weighted by molar-refractivity contribution is 6.02. The van der Waals surface area contributed by atoms with Gasteiger partial charge in [0.15, 0.2) is 0 Å². The molecular weight excluding hydrogens is 252 g/mol. The second kappa shape index (κ2) is 6.01. The van der Waals surface area contributed by atoms with E-state index in [0.29, 0.717) is 26.3 Å². The van der Waals surface area contributed by atoms with Crippen LogP contribution in [-0.4, -0.2) is 60.1 Å². The largest absolute Gasteiger partial charge is 0.480 e. The minimum Gasteiger partial charge on any atom is -0.480 e. The number of nitrogens with zero attached hydrogens (tertiary/aromatic N) is 1. The molecule has 1 unspecified atom stereocenters. The number of carbonyl (C=O) groups excluding carboxylic acids is 2. The van der Waals surface area contributed by atoms with Crippen LogP contribution in [-0.2, 0) is 19.1 Å². The van der Waals surface area contributed by atoms with Crippen molar-refractivity contribution >= 4 is 17.8 Å². The Kier molecular flexibility index (Phi) is 4.88. The van der Waals surface area contributed by atoms with Crippen molar-refractivity contribution in [2.75, 3.05) is 26.3 Å². The van der Waals surface area contributed by atoms with Crippen LogP contribution < -0.4 is 5.32 Å². The SMILES string of the molecule is CC(NC(=O)C(C)(C)C(=O)O)C(=O)N1CCOCC1. The number of carboxylic acid groups (broad SMARTS) is 1. The van der Waals surface area contributed by atoms with Crippen molar-refractivity contribution in [1.82, 2.24) is 10.2 Å². The maximum Gasteiger partial charge on any atom is 0.318 e. The number of hydrogen-bond acceptors (Lipinski definition) is 4. The number of carboxylic acids is 1. The van der Waals surface area contributed by atoms with Crippen molar-refractivity contribution in [1.29, 1.82) is 0 Å². The summed E-state index contributed by atoms with van der Waals surface area (Å²) in [5, 5.41) is 11.4. The van der Waals surface area contributed by atoms with Crippen LogP contribution in [0, 0.1) is 5.41 Å². The number of morpholine rings is 1. The van der Waals surface area contributed by atoms with Gasteiger partial charge >= 0.3 is 5.97 Å². The molecule has 0 aromatic rings. The summed E-state index contributed by atoms with van der Waals surface area (Å²) in [6.07, 6.45) is 0. The molecule has 1 aliphatic rings. The lowest BCUT2D eigenvalue weighted by atomic mass is 9.92. The van der Waals surface area contributed by atoms with Gasteiger partial charge in [0, 0.05) is 13.1 Å². The molecule has 0 bridgehead atoms. The highest BCUT2D eigenvalue weighted by Crippen LogP contribution is 2.15. The van der Waals surface area contributed by atoms with Crippen LogP contribution in [0.1, 0.15) is 20.8 Å². The Balaban J connectivity index is 2.58. The van der Waals surface area contributed by atoms with E-state index >= 15 is 0 Å². The predicted molar refractivity (Wildman–Crippen MR) is 66.4 cm³/mol. The number of amides is 2. The first-order chi connectivity index (χ1) is 8.76. The summed E-state index contributed by atoms with van der Waals surface area (Å²) >= 11 is 0. The average Bonchev–Trinajstić information content (AvgIpc) is 2.38. The van der Waals surface area contributed by atoms with Gasteiger partial charge in [-0.15, -0.1) is 0 Å². The third-order valence-corrected chi connectivity index (χ3v) is 3.14. The van der Waals surface area contributed by atoms with Crippen LogP contribution in [0.2, 0.25) is 0 Å². The molecule has 19 heavy (non-hydrogen) atoms. The Labute approximate surface area is 111 Å². The quantitative estimate of drug-likeness (QED) is 0.670. The summed E-state index contributed by atoms with van der Waals surface area (Å²) < 4.78 is 5.14. The van der Waals surface area contributed by atoms with E-state index in [0.717, 1.165) is 0 Å². The van der Waals surface area contributed by atoms with Gasteiger partial charge in [-0.25, -0.2) is 0 Å². The Morgan fingerprint density at radius 2 is 1.79 bits per heavy atom. The van der Waals surface area contributed by atoms with Gasteiger partial charge in [-0.3, -0.25) is 14.4 Å². The van der Waals surface area contributed by atoms with Crippen LogP contribution in [0.15, 0.2) is 0 Å². The van der Waals surface area contributed by atoms with Crippen LogP contribution in [0.5, 0.6) is 0 Å². The molecule has 1 saturated heterocycles. The number of ether oxygens (including phenoxy) is 1. The molecule has 0 aliphatic carbocycles. The van der Waals surface area contributed by atoms with E-state index in [1.165, 1.54) is 13.8 Å². The first-order valence-electron chi connectivity index (χ1n) is 6.17. The van der Waals surface area contributed by atoms with Gasteiger partial charge < -0.3 is 20.1 Å². The summed E-state index contributed by atoms with van der Waals surface area (Å²) in [6, 6.07) is -0.746. The molecule has 2 N–H and O–H groups in total. The first kappa shape index (κ1) is 15.4. The highest BCUT2D eigenvalue weighted by Gasteiger charge is 2.37. The van der Waals surface area contributed by atoms with Crippen molar-refractivity contribution < 1.29 is 24.2 Å². The highest BCUT2D eigenvalue weighted by atomic mass is 16.5. The van der Waals surface area contributed by atoms with Gasteiger partial charge in [0.25, 0.3) is 0 Å². The lowest BCUT2D eigenvalue weighted by molar-refractivity contribution is -0.154. The van der Waals surface area contributed by atoms with E-state index in [-0.39, 0.29) is 5.91 Å². The third kappa shape index (κ3) is 3.66. The van der Waals surface area contributed by atoms with E-state index in [1.54, 1.807) is 11.8 Å². The molecule has 0 aromatic carbocycles. The van der Waals surface area contributed by atoms with Crippen LogP contribution in [0.3, 0.4) is 0 Å². The van der Waals surface area contributed by atoms with Gasteiger partial charge in [0.05, 0.1) is 13.2 Å². The van der Waals surface area contributed by atoms with E-state index in [1.807, 2.05) is 0 Å². The Hall–Kier alpha value is -1.63. The molecule has 1 fully saturated rings. The standard InChI is InChI=1S/C12H20N2O5/c1-8(9(15)14-4-6-19-7-5-14)13-10(16)12(2,3)11(17)18/h8H,4-7H2,1-3H3,(H,13,16)(H,17,18). The maximum absolute atomic E-state index is 12.0.